The first-order valence-corrected chi connectivity index (χ1v) is 9.71. The van der Waals surface area contributed by atoms with Crippen molar-refractivity contribution in [2.24, 2.45) is 4.99 Å². The highest BCUT2D eigenvalue weighted by Crippen LogP contribution is 2.17. The van der Waals surface area contributed by atoms with Gasteiger partial charge in [0.15, 0.2) is 15.8 Å². The van der Waals surface area contributed by atoms with Gasteiger partial charge in [0.25, 0.3) is 0 Å². The molecule has 1 saturated heterocycles. The van der Waals surface area contributed by atoms with Gasteiger partial charge in [-0.1, -0.05) is 0 Å². The lowest BCUT2D eigenvalue weighted by Crippen LogP contribution is -2.44. The highest BCUT2D eigenvalue weighted by molar-refractivity contribution is 14.0. The molecule has 1 aromatic heterocycles. The molecule has 0 aromatic carbocycles. The molecular formula is C13H23IN4O2S2. The van der Waals surface area contributed by atoms with Gasteiger partial charge in [-0.2, -0.15) is 0 Å². The van der Waals surface area contributed by atoms with Crippen LogP contribution in [0.5, 0.6) is 0 Å². The van der Waals surface area contributed by atoms with Gasteiger partial charge in [0.1, 0.15) is 5.01 Å². The van der Waals surface area contributed by atoms with Crippen molar-refractivity contribution in [3.8, 4) is 0 Å². The van der Waals surface area contributed by atoms with E-state index in [1.54, 1.807) is 11.3 Å². The summed E-state index contributed by atoms with van der Waals surface area (Å²) in [4.78, 5) is 10.2. The van der Waals surface area contributed by atoms with Gasteiger partial charge in [-0.3, -0.25) is 0 Å². The van der Waals surface area contributed by atoms with E-state index in [-0.39, 0.29) is 41.5 Å². The maximum atomic E-state index is 11.5. The smallest absolute Gasteiger partial charge is 0.191 e. The summed E-state index contributed by atoms with van der Waals surface area (Å²) in [6, 6.07) is -0.0485. The third-order valence-corrected chi connectivity index (χ3v) is 6.19. The summed E-state index contributed by atoms with van der Waals surface area (Å²) in [6.07, 6.45) is 0.641. The van der Waals surface area contributed by atoms with Crippen LogP contribution < -0.4 is 10.6 Å². The van der Waals surface area contributed by atoms with Crippen LogP contribution in [0.3, 0.4) is 0 Å². The lowest BCUT2D eigenvalue weighted by Gasteiger charge is -2.15. The SMILES string of the molecule is CCNC(=NCc1nc(C)c(C)s1)NC1CCS(=O)(=O)C1.I. The second-order valence-electron chi connectivity index (χ2n) is 5.19. The van der Waals surface area contributed by atoms with E-state index in [0.29, 0.717) is 18.9 Å². The maximum absolute atomic E-state index is 11.5. The predicted molar refractivity (Wildman–Crippen MR) is 102 cm³/mol. The van der Waals surface area contributed by atoms with E-state index in [2.05, 4.69) is 20.6 Å². The van der Waals surface area contributed by atoms with Crippen LogP contribution in [-0.2, 0) is 16.4 Å². The van der Waals surface area contributed by atoms with Crippen LogP contribution >= 0.6 is 35.3 Å². The van der Waals surface area contributed by atoms with Gasteiger partial charge in [0.05, 0.1) is 23.7 Å². The topological polar surface area (TPSA) is 83.4 Å². The Bertz CT molecular complexity index is 608. The molecule has 22 heavy (non-hydrogen) atoms. The Morgan fingerprint density at radius 1 is 1.45 bits per heavy atom. The molecule has 0 aliphatic carbocycles. The van der Waals surface area contributed by atoms with E-state index in [0.717, 1.165) is 17.2 Å². The molecule has 6 nitrogen and oxygen atoms in total. The fourth-order valence-electron chi connectivity index (χ4n) is 2.18. The summed E-state index contributed by atoms with van der Waals surface area (Å²) in [5, 5.41) is 7.32. The Balaban J connectivity index is 0.00000242. The van der Waals surface area contributed by atoms with E-state index in [9.17, 15) is 8.42 Å². The van der Waals surface area contributed by atoms with Crippen molar-refractivity contribution < 1.29 is 8.42 Å². The van der Waals surface area contributed by atoms with Gasteiger partial charge < -0.3 is 10.6 Å². The van der Waals surface area contributed by atoms with Crippen LogP contribution in [0.2, 0.25) is 0 Å². The first kappa shape index (κ1) is 19.6. The van der Waals surface area contributed by atoms with Crippen LogP contribution in [0, 0.1) is 13.8 Å². The minimum atomic E-state index is -2.88. The molecule has 0 saturated carbocycles. The second-order valence-corrected chi connectivity index (χ2v) is 8.71. The number of hydrogen-bond acceptors (Lipinski definition) is 5. The summed E-state index contributed by atoms with van der Waals surface area (Å²) in [6.45, 7) is 7.27. The standard InChI is InChI=1S/C13H22N4O2S2.HI/c1-4-14-13(17-11-5-6-21(18,19)8-11)15-7-12-16-9(2)10(3)20-12;/h11H,4-8H2,1-3H3,(H2,14,15,17);1H. The molecule has 1 aromatic rings. The molecule has 2 heterocycles. The number of aliphatic imine (C=N–C) groups is 1. The molecule has 2 rings (SSSR count). The minimum absolute atomic E-state index is 0. The molecule has 1 aliphatic heterocycles. The molecule has 0 radical (unpaired) electrons. The number of aryl methyl sites for hydroxylation is 2. The lowest BCUT2D eigenvalue weighted by atomic mass is 10.3. The fraction of sp³-hybridized carbons (Fsp3) is 0.692. The van der Waals surface area contributed by atoms with Crippen molar-refractivity contribution in [3.63, 3.8) is 0 Å². The zero-order chi connectivity index (χ0) is 15.5. The normalized spacial score (nSPS) is 20.5. The number of nitrogens with one attached hydrogen (secondary N) is 2. The van der Waals surface area contributed by atoms with Crippen LogP contribution in [0.1, 0.15) is 28.9 Å². The summed E-state index contributed by atoms with van der Waals surface area (Å²) in [7, 11) is -2.88. The Morgan fingerprint density at radius 2 is 2.18 bits per heavy atom. The van der Waals surface area contributed by atoms with E-state index < -0.39 is 9.84 Å². The molecule has 126 valence electrons. The number of halogens is 1. The van der Waals surface area contributed by atoms with Crippen LogP contribution in [0.4, 0.5) is 0 Å². The average molecular weight is 458 g/mol. The summed E-state index contributed by atoms with van der Waals surface area (Å²) in [5.74, 6) is 1.10. The van der Waals surface area contributed by atoms with E-state index in [1.807, 2.05) is 20.8 Å². The number of nitrogens with zero attached hydrogens (tertiary/aromatic N) is 2. The molecule has 0 bridgehead atoms. The average Bonchev–Trinajstić information content (AvgIpc) is 2.90. The van der Waals surface area contributed by atoms with Gasteiger partial charge in [0, 0.05) is 17.5 Å². The Labute approximate surface area is 153 Å². The van der Waals surface area contributed by atoms with E-state index in [4.69, 9.17) is 0 Å². The number of rotatable bonds is 4. The molecule has 1 aliphatic rings. The molecule has 2 N–H and O–H groups in total. The van der Waals surface area contributed by atoms with Crippen molar-refractivity contribution in [2.45, 2.75) is 39.8 Å². The summed E-state index contributed by atoms with van der Waals surface area (Å²) >= 11 is 1.65. The van der Waals surface area contributed by atoms with Crippen molar-refractivity contribution in [1.82, 2.24) is 15.6 Å². The van der Waals surface area contributed by atoms with Gasteiger partial charge in [-0.25, -0.2) is 18.4 Å². The first-order valence-electron chi connectivity index (χ1n) is 7.08. The molecule has 9 heteroatoms. The van der Waals surface area contributed by atoms with Gasteiger partial charge in [-0.05, 0) is 27.2 Å². The van der Waals surface area contributed by atoms with E-state index >= 15 is 0 Å². The Hall–Kier alpha value is -0.420. The number of guanidine groups is 1. The number of sulfone groups is 1. The molecule has 1 atom stereocenters. The highest BCUT2D eigenvalue weighted by atomic mass is 127. The van der Waals surface area contributed by atoms with Crippen molar-refractivity contribution in [2.75, 3.05) is 18.1 Å². The second kappa shape index (κ2) is 8.44. The maximum Gasteiger partial charge on any atom is 0.191 e. The van der Waals surface area contributed by atoms with Crippen molar-refractivity contribution in [1.29, 1.82) is 0 Å². The third-order valence-electron chi connectivity index (χ3n) is 3.36. The minimum Gasteiger partial charge on any atom is -0.357 e. The monoisotopic (exact) mass is 458 g/mol. The molecular weight excluding hydrogens is 435 g/mol. The molecule has 1 unspecified atom stereocenters. The Kier molecular flexibility index (Phi) is 7.53. The van der Waals surface area contributed by atoms with Crippen LogP contribution in [0.15, 0.2) is 4.99 Å². The lowest BCUT2D eigenvalue weighted by molar-refractivity contribution is 0.599. The predicted octanol–water partition coefficient (Wildman–Crippen LogP) is 1.62. The van der Waals surface area contributed by atoms with Crippen LogP contribution in [-0.4, -0.2) is 43.5 Å². The first-order chi connectivity index (χ1) is 9.89. The van der Waals surface area contributed by atoms with Gasteiger partial charge >= 0.3 is 0 Å². The summed E-state index contributed by atoms with van der Waals surface area (Å²) < 4.78 is 23.0. The fourth-order valence-corrected chi connectivity index (χ4v) is 4.71. The molecule has 0 amide bonds. The zero-order valence-electron chi connectivity index (χ0n) is 13.0. The third kappa shape index (κ3) is 5.65. The largest absolute Gasteiger partial charge is 0.357 e. The molecule has 1 fully saturated rings. The molecule has 0 spiro atoms. The number of hydrogen-bond donors (Lipinski definition) is 2. The quantitative estimate of drug-likeness (QED) is 0.407. The zero-order valence-corrected chi connectivity index (χ0v) is 17.0. The highest BCUT2D eigenvalue weighted by Gasteiger charge is 2.28. The summed E-state index contributed by atoms with van der Waals surface area (Å²) in [5.41, 5.74) is 1.05. The number of aromatic nitrogens is 1. The van der Waals surface area contributed by atoms with Crippen molar-refractivity contribution in [3.05, 3.63) is 15.6 Å². The van der Waals surface area contributed by atoms with Gasteiger partial charge in [0.2, 0.25) is 0 Å². The van der Waals surface area contributed by atoms with E-state index in [1.165, 1.54) is 4.88 Å². The van der Waals surface area contributed by atoms with Crippen molar-refractivity contribution >= 4 is 51.1 Å². The Morgan fingerprint density at radius 3 is 2.68 bits per heavy atom. The number of thiazole rings is 1. The van der Waals surface area contributed by atoms with Gasteiger partial charge in [-0.15, -0.1) is 35.3 Å². The van der Waals surface area contributed by atoms with Crippen LogP contribution in [0.25, 0.3) is 0 Å².